The molecule has 0 aromatic heterocycles. The summed E-state index contributed by atoms with van der Waals surface area (Å²) in [7, 11) is 1.11. The molecule has 0 fully saturated rings. The molecule has 0 bridgehead atoms. The summed E-state index contributed by atoms with van der Waals surface area (Å²) in [5.41, 5.74) is 0. The first-order valence-corrected chi connectivity index (χ1v) is 23.1. The van der Waals surface area contributed by atoms with Crippen molar-refractivity contribution in [1.82, 2.24) is 0 Å². The number of rotatable bonds is 38. The first-order chi connectivity index (χ1) is 26.9. The number of phosphoric acid groups is 1. The molecule has 0 aromatic carbocycles. The summed E-state index contributed by atoms with van der Waals surface area (Å²) in [5.74, 6) is -0.928. The zero-order valence-corrected chi connectivity index (χ0v) is 36.8. The molecule has 0 heterocycles. The number of aliphatic hydroxyl groups excluding tert-OH is 1. The molecule has 0 aliphatic heterocycles. The number of hydrogen-bond acceptors (Lipinski definition) is 9. The Bertz CT molecular complexity index is 1160. The van der Waals surface area contributed by atoms with Crippen LogP contribution < -0.4 is 4.89 Å². The Morgan fingerprint density at radius 3 is 1.84 bits per heavy atom. The number of carbonyl (C=O) groups excluding carboxylic acids is 2. The summed E-state index contributed by atoms with van der Waals surface area (Å²) >= 11 is 0. The number of nitrogens with zero attached hydrogens (tertiary/aromatic N) is 1. The van der Waals surface area contributed by atoms with E-state index in [9.17, 15) is 24.2 Å². The molecule has 0 aliphatic rings. The molecule has 0 amide bonds. The second kappa shape index (κ2) is 37.0. The largest absolute Gasteiger partial charge is 0.756 e. The lowest BCUT2D eigenvalue weighted by Gasteiger charge is -2.28. The van der Waals surface area contributed by atoms with Gasteiger partial charge in [0.15, 0.2) is 6.10 Å². The van der Waals surface area contributed by atoms with Gasteiger partial charge in [-0.1, -0.05) is 158 Å². The summed E-state index contributed by atoms with van der Waals surface area (Å²) in [6, 6.07) is 0. The lowest BCUT2D eigenvalue weighted by atomic mass is 10.0. The number of allylic oxidation sites excluding steroid dienone is 8. The second-order valence-electron chi connectivity index (χ2n) is 15.5. The molecule has 0 aliphatic carbocycles. The maximum Gasteiger partial charge on any atom is 0.306 e. The van der Waals surface area contributed by atoms with E-state index in [2.05, 4.69) is 25.2 Å². The van der Waals surface area contributed by atoms with E-state index in [0.717, 1.165) is 38.5 Å². The van der Waals surface area contributed by atoms with Crippen molar-refractivity contribution in [2.75, 3.05) is 47.5 Å². The molecule has 11 heteroatoms. The number of aliphatic hydroxyl groups is 1. The quantitative estimate of drug-likeness (QED) is 0.0162. The molecule has 56 heavy (non-hydrogen) atoms. The van der Waals surface area contributed by atoms with Gasteiger partial charge in [-0.25, -0.2) is 0 Å². The third-order valence-electron chi connectivity index (χ3n) is 8.88. The average molecular weight is 810 g/mol. The number of unbranched alkanes of at least 4 members (excludes halogenated alkanes) is 14. The normalized spacial score (nSPS) is 14.8. The predicted molar refractivity (Wildman–Crippen MR) is 228 cm³/mol. The van der Waals surface area contributed by atoms with Gasteiger partial charge in [-0.2, -0.15) is 0 Å². The standard InChI is InChI=1S/C45H80NO9P/c1-6-8-10-11-12-13-14-15-16-21-24-27-30-33-37-45(49)55-43(41-54-56(50,51)53-39-38-46(3,4)5)40-52-44(48)36-32-29-26-23-20-18-17-19-22-25-28-31-35-42(47)34-9-7-2/h9,17-18,22-23,25-26,28,31,34,42-43,47H,6-8,10-16,19-21,24,27,29-30,32-33,35-41H2,1-5H3/b18-17-,25-22-,26-23-,31-28+,34-9-/t42?,43-/m1/s1. The van der Waals surface area contributed by atoms with Crippen molar-refractivity contribution < 1.29 is 47.2 Å². The van der Waals surface area contributed by atoms with Crippen molar-refractivity contribution >= 4 is 19.8 Å². The van der Waals surface area contributed by atoms with Gasteiger partial charge in [-0.3, -0.25) is 14.2 Å². The van der Waals surface area contributed by atoms with Crippen molar-refractivity contribution in [2.24, 2.45) is 0 Å². The first-order valence-electron chi connectivity index (χ1n) is 21.6. The van der Waals surface area contributed by atoms with E-state index in [1.807, 2.05) is 70.6 Å². The van der Waals surface area contributed by atoms with Crippen LogP contribution in [0.2, 0.25) is 0 Å². The van der Waals surface area contributed by atoms with E-state index in [4.69, 9.17) is 18.5 Å². The Morgan fingerprint density at radius 2 is 1.23 bits per heavy atom. The zero-order chi connectivity index (χ0) is 41.6. The monoisotopic (exact) mass is 810 g/mol. The number of likely N-dealkylation sites (N-methyl/N-ethyl adjacent to an activating group) is 1. The fourth-order valence-corrected chi connectivity index (χ4v) is 6.20. The lowest BCUT2D eigenvalue weighted by molar-refractivity contribution is -0.870. The number of phosphoric ester groups is 1. The van der Waals surface area contributed by atoms with Gasteiger partial charge in [0.2, 0.25) is 0 Å². The molecule has 1 N–H and O–H groups in total. The van der Waals surface area contributed by atoms with Crippen molar-refractivity contribution in [3.05, 3.63) is 60.8 Å². The smallest absolute Gasteiger partial charge is 0.306 e. The number of hydrogen-bond donors (Lipinski definition) is 1. The Hall–Kier alpha value is -2.33. The van der Waals surface area contributed by atoms with E-state index in [0.29, 0.717) is 36.7 Å². The highest BCUT2D eigenvalue weighted by atomic mass is 31.2. The predicted octanol–water partition coefficient (Wildman–Crippen LogP) is 10.4. The molecular formula is C45H80NO9P. The number of ether oxygens (including phenoxy) is 2. The molecule has 0 saturated heterocycles. The number of quaternary nitrogens is 1. The van der Waals surface area contributed by atoms with Gasteiger partial charge in [0, 0.05) is 12.8 Å². The highest BCUT2D eigenvalue weighted by Gasteiger charge is 2.21. The fraction of sp³-hybridized carbons (Fsp3) is 0.733. The maximum absolute atomic E-state index is 12.7. The minimum absolute atomic E-state index is 0.0480. The van der Waals surface area contributed by atoms with Crippen LogP contribution in [0.15, 0.2) is 60.8 Å². The highest BCUT2D eigenvalue weighted by Crippen LogP contribution is 2.38. The van der Waals surface area contributed by atoms with Crippen LogP contribution in [-0.2, 0) is 32.7 Å². The topological polar surface area (TPSA) is 131 Å². The summed E-state index contributed by atoms with van der Waals surface area (Å²) in [6.45, 7) is 3.90. The molecule has 324 valence electrons. The first kappa shape index (κ1) is 53.7. The van der Waals surface area contributed by atoms with Crippen LogP contribution in [0.4, 0.5) is 0 Å². The second-order valence-corrected chi connectivity index (χ2v) is 16.9. The summed E-state index contributed by atoms with van der Waals surface area (Å²) in [4.78, 5) is 37.5. The molecular weight excluding hydrogens is 729 g/mol. The van der Waals surface area contributed by atoms with E-state index < -0.39 is 38.6 Å². The molecule has 2 unspecified atom stereocenters. The van der Waals surface area contributed by atoms with Crippen LogP contribution in [0.1, 0.15) is 155 Å². The lowest BCUT2D eigenvalue weighted by Crippen LogP contribution is -2.37. The minimum atomic E-state index is -4.65. The van der Waals surface area contributed by atoms with E-state index in [1.54, 1.807) is 0 Å². The summed E-state index contributed by atoms with van der Waals surface area (Å²) in [6.07, 6.45) is 40.2. The molecule has 0 spiro atoms. The SMILES string of the molecule is CC/C=C\C(O)C/C=C/C=C\C/C=C\C/C=C\CCCC(=O)OC[C@H](COP(=O)([O-])OCC[N+](C)(C)C)OC(=O)CCCCCCCCCCCCCCCC. The van der Waals surface area contributed by atoms with Crippen LogP contribution in [0.5, 0.6) is 0 Å². The van der Waals surface area contributed by atoms with Crippen molar-refractivity contribution in [2.45, 2.75) is 167 Å². The van der Waals surface area contributed by atoms with Crippen molar-refractivity contribution in [1.29, 1.82) is 0 Å². The number of esters is 2. The Kier molecular flexibility index (Phi) is 35.4. The number of carbonyl (C=O) groups is 2. The molecule has 0 radical (unpaired) electrons. The fourth-order valence-electron chi connectivity index (χ4n) is 5.47. The Morgan fingerprint density at radius 1 is 0.679 bits per heavy atom. The van der Waals surface area contributed by atoms with Crippen LogP contribution in [0.3, 0.4) is 0 Å². The van der Waals surface area contributed by atoms with Gasteiger partial charge < -0.3 is 33.0 Å². The maximum atomic E-state index is 12.7. The molecule has 0 saturated carbocycles. The van der Waals surface area contributed by atoms with E-state index in [1.165, 1.54) is 64.2 Å². The average Bonchev–Trinajstić information content (AvgIpc) is 3.14. The van der Waals surface area contributed by atoms with Gasteiger partial charge in [0.1, 0.15) is 19.8 Å². The van der Waals surface area contributed by atoms with Gasteiger partial charge >= 0.3 is 11.9 Å². The highest BCUT2D eigenvalue weighted by molar-refractivity contribution is 7.45. The third-order valence-corrected chi connectivity index (χ3v) is 9.84. The van der Waals surface area contributed by atoms with Gasteiger partial charge in [0.25, 0.3) is 7.82 Å². The van der Waals surface area contributed by atoms with Crippen molar-refractivity contribution in [3.8, 4) is 0 Å². The third kappa shape index (κ3) is 39.9. The Balaban J connectivity index is 4.50. The molecule has 10 nitrogen and oxygen atoms in total. The molecule has 0 aromatic rings. The molecule has 0 rings (SSSR count). The van der Waals surface area contributed by atoms with Crippen LogP contribution >= 0.6 is 7.82 Å². The van der Waals surface area contributed by atoms with Gasteiger partial charge in [-0.05, 0) is 44.9 Å². The Labute approximate surface area is 341 Å². The van der Waals surface area contributed by atoms with Crippen LogP contribution in [0, 0.1) is 0 Å². The van der Waals surface area contributed by atoms with Crippen molar-refractivity contribution in [3.63, 3.8) is 0 Å². The van der Waals surface area contributed by atoms with Gasteiger partial charge in [0.05, 0.1) is 33.9 Å². The molecule has 3 atom stereocenters. The zero-order valence-electron chi connectivity index (χ0n) is 35.9. The summed E-state index contributed by atoms with van der Waals surface area (Å²) < 4.78 is 33.8. The minimum Gasteiger partial charge on any atom is -0.756 e. The van der Waals surface area contributed by atoms with E-state index in [-0.39, 0.29) is 26.1 Å². The van der Waals surface area contributed by atoms with E-state index >= 15 is 0 Å². The van der Waals surface area contributed by atoms with Crippen LogP contribution in [-0.4, -0.2) is 81.2 Å². The van der Waals surface area contributed by atoms with Crippen LogP contribution in [0.25, 0.3) is 0 Å². The van der Waals surface area contributed by atoms with Gasteiger partial charge in [-0.15, -0.1) is 0 Å². The summed E-state index contributed by atoms with van der Waals surface area (Å²) in [5, 5.41) is 9.76.